The van der Waals surface area contributed by atoms with Gasteiger partial charge in [-0.2, -0.15) is 5.10 Å². The Morgan fingerprint density at radius 3 is 2.52 bits per heavy atom. The zero-order valence-electron chi connectivity index (χ0n) is 18.5. The minimum atomic E-state index is -0.843. The molecule has 2 aliphatic rings. The second kappa shape index (κ2) is 8.56. The molecule has 0 N–H and O–H groups in total. The van der Waals surface area contributed by atoms with Gasteiger partial charge in [0.15, 0.2) is 11.5 Å². The summed E-state index contributed by atoms with van der Waals surface area (Å²) in [5.74, 6) is 1.87. The Balaban J connectivity index is 1.56. The summed E-state index contributed by atoms with van der Waals surface area (Å²) in [5, 5.41) is 6.67. The number of carbonyl (C=O) groups is 1. The van der Waals surface area contributed by atoms with E-state index in [0.717, 1.165) is 26.9 Å². The third-order valence-electron chi connectivity index (χ3n) is 6.03. The Bertz CT molecular complexity index is 1260. The molecular formula is C26H23BrN2O4. The van der Waals surface area contributed by atoms with Crippen molar-refractivity contribution < 1.29 is 19.0 Å². The molecule has 0 saturated heterocycles. The number of halogens is 1. The average molecular weight is 507 g/mol. The van der Waals surface area contributed by atoms with Crippen LogP contribution in [0.3, 0.4) is 0 Å². The molecule has 7 heteroatoms. The summed E-state index contributed by atoms with van der Waals surface area (Å²) in [6.45, 7) is 2.00. The zero-order valence-corrected chi connectivity index (χ0v) is 20.1. The first kappa shape index (κ1) is 21.5. The van der Waals surface area contributed by atoms with Gasteiger partial charge in [0.1, 0.15) is 5.75 Å². The summed E-state index contributed by atoms with van der Waals surface area (Å²) >= 11 is 3.56. The van der Waals surface area contributed by atoms with Crippen molar-refractivity contribution in [3.05, 3.63) is 87.4 Å². The Kier molecular flexibility index (Phi) is 5.58. The number of hydrazone groups is 1. The first-order valence-corrected chi connectivity index (χ1v) is 11.4. The van der Waals surface area contributed by atoms with Gasteiger partial charge in [-0.15, -0.1) is 0 Å². The predicted octanol–water partition coefficient (Wildman–Crippen LogP) is 5.53. The van der Waals surface area contributed by atoms with E-state index < -0.39 is 6.23 Å². The summed E-state index contributed by atoms with van der Waals surface area (Å²) in [4.78, 5) is 13.5. The highest BCUT2D eigenvalue weighted by Gasteiger charge is 2.43. The van der Waals surface area contributed by atoms with Crippen molar-refractivity contribution in [2.45, 2.75) is 25.6 Å². The van der Waals surface area contributed by atoms with Gasteiger partial charge in [0.2, 0.25) is 5.78 Å². The number of rotatable bonds is 5. The molecule has 3 aromatic carbocycles. The van der Waals surface area contributed by atoms with E-state index in [0.29, 0.717) is 29.2 Å². The first-order chi connectivity index (χ1) is 16.0. The topological polar surface area (TPSA) is 60.4 Å². The van der Waals surface area contributed by atoms with Crippen molar-refractivity contribution in [2.24, 2.45) is 5.10 Å². The van der Waals surface area contributed by atoms with Gasteiger partial charge in [-0.25, -0.2) is 5.01 Å². The van der Waals surface area contributed by atoms with Crippen LogP contribution in [0.2, 0.25) is 0 Å². The summed E-state index contributed by atoms with van der Waals surface area (Å²) in [6, 6.07) is 19.0. The quantitative estimate of drug-likeness (QED) is 0.426. The van der Waals surface area contributed by atoms with E-state index in [1.54, 1.807) is 19.2 Å². The lowest BCUT2D eigenvalue weighted by atomic mass is 9.95. The number of Topliss-reactive ketones (excluding diaryl/α,β-unsaturated/α-hetero) is 1. The van der Waals surface area contributed by atoms with Crippen molar-refractivity contribution >= 4 is 27.4 Å². The van der Waals surface area contributed by atoms with Crippen molar-refractivity contribution in [3.8, 4) is 17.2 Å². The molecule has 0 aromatic heterocycles. The summed E-state index contributed by atoms with van der Waals surface area (Å²) in [5.41, 5.74) is 4.47. The van der Waals surface area contributed by atoms with Gasteiger partial charge in [0.05, 0.1) is 26.0 Å². The fourth-order valence-electron chi connectivity index (χ4n) is 4.28. The zero-order chi connectivity index (χ0) is 23.1. The smallest absolute Gasteiger partial charge is 0.251 e. The largest absolute Gasteiger partial charge is 0.493 e. The second-order valence-corrected chi connectivity index (χ2v) is 9.01. The highest BCUT2D eigenvalue weighted by atomic mass is 79.9. The predicted molar refractivity (Wildman–Crippen MR) is 129 cm³/mol. The van der Waals surface area contributed by atoms with Crippen LogP contribution in [0.4, 0.5) is 0 Å². The molecule has 0 spiro atoms. The lowest BCUT2D eigenvalue weighted by molar-refractivity contribution is -0.00459. The van der Waals surface area contributed by atoms with Crippen molar-refractivity contribution in [1.29, 1.82) is 0 Å². The van der Waals surface area contributed by atoms with Crippen molar-refractivity contribution in [3.63, 3.8) is 0 Å². The normalized spacial score (nSPS) is 18.7. The number of hydrogen-bond acceptors (Lipinski definition) is 6. The van der Waals surface area contributed by atoms with E-state index in [4.69, 9.17) is 19.3 Å². The van der Waals surface area contributed by atoms with Crippen LogP contribution in [0.5, 0.6) is 17.2 Å². The van der Waals surface area contributed by atoms with Crippen LogP contribution >= 0.6 is 15.9 Å². The van der Waals surface area contributed by atoms with Gasteiger partial charge in [0.25, 0.3) is 6.23 Å². The van der Waals surface area contributed by atoms with E-state index in [1.165, 1.54) is 0 Å². The van der Waals surface area contributed by atoms with E-state index in [-0.39, 0.29) is 11.8 Å². The molecule has 5 rings (SSSR count). The number of fused-ring (bicyclic) bond motifs is 3. The number of nitrogens with zero attached hydrogens (tertiary/aromatic N) is 2. The third-order valence-corrected chi connectivity index (χ3v) is 6.52. The van der Waals surface area contributed by atoms with E-state index in [2.05, 4.69) is 15.9 Å². The number of benzene rings is 3. The number of methoxy groups -OCH3 is 2. The Hall–Kier alpha value is -3.32. The van der Waals surface area contributed by atoms with Crippen molar-refractivity contribution in [1.82, 2.24) is 5.01 Å². The second-order valence-electron chi connectivity index (χ2n) is 8.10. The SMILES string of the molecule is COc1ccc(C2=NN3[C@H](C2)c2cc(Br)ccc2O[C@H]3C(=O)c2ccc(C)cc2)cc1OC. The molecule has 168 valence electrons. The maximum absolute atomic E-state index is 13.5. The van der Waals surface area contributed by atoms with Crippen LogP contribution < -0.4 is 14.2 Å². The highest BCUT2D eigenvalue weighted by molar-refractivity contribution is 9.10. The number of carbonyl (C=O) groups excluding carboxylic acids is 1. The van der Waals surface area contributed by atoms with Gasteiger partial charge in [-0.3, -0.25) is 4.79 Å². The molecule has 0 fully saturated rings. The Morgan fingerprint density at radius 2 is 1.79 bits per heavy atom. The van der Waals surface area contributed by atoms with Gasteiger partial charge in [-0.1, -0.05) is 45.8 Å². The molecular weight excluding hydrogens is 484 g/mol. The standard InChI is InChI=1S/C26H23BrN2O4/c1-15-4-6-16(7-5-15)25(30)26-29-21(19-13-18(27)9-11-22(19)33-26)14-20(28-29)17-8-10-23(31-2)24(12-17)32-3/h4-13,21,26H,14H2,1-3H3/t21-,26+/m1/s1. The van der Waals surface area contributed by atoms with Crippen LogP contribution in [-0.4, -0.2) is 37.0 Å². The lowest BCUT2D eigenvalue weighted by Gasteiger charge is -2.37. The molecule has 0 amide bonds. The van der Waals surface area contributed by atoms with Crippen LogP contribution in [0.1, 0.15) is 39.5 Å². The summed E-state index contributed by atoms with van der Waals surface area (Å²) in [7, 11) is 3.22. The minimum Gasteiger partial charge on any atom is -0.493 e. The van der Waals surface area contributed by atoms with Crippen LogP contribution in [0.15, 0.2) is 70.2 Å². The fraction of sp³-hybridized carbons (Fsp3) is 0.231. The highest BCUT2D eigenvalue weighted by Crippen LogP contribution is 2.45. The number of ketones is 1. The van der Waals surface area contributed by atoms with Crippen molar-refractivity contribution in [2.75, 3.05) is 14.2 Å². The van der Waals surface area contributed by atoms with E-state index in [1.807, 2.05) is 67.6 Å². The third kappa shape index (κ3) is 3.86. The lowest BCUT2D eigenvalue weighted by Crippen LogP contribution is -2.45. The molecule has 0 aliphatic carbocycles. The Labute approximate surface area is 200 Å². The molecule has 0 bridgehead atoms. The van der Waals surface area contributed by atoms with Crippen LogP contribution in [0.25, 0.3) is 0 Å². The molecule has 33 heavy (non-hydrogen) atoms. The monoisotopic (exact) mass is 506 g/mol. The Morgan fingerprint density at radius 1 is 1.03 bits per heavy atom. The molecule has 2 atom stereocenters. The molecule has 6 nitrogen and oxygen atoms in total. The maximum atomic E-state index is 13.5. The van der Waals surface area contributed by atoms with Crippen LogP contribution in [-0.2, 0) is 0 Å². The van der Waals surface area contributed by atoms with Gasteiger partial charge < -0.3 is 14.2 Å². The first-order valence-electron chi connectivity index (χ1n) is 10.6. The van der Waals surface area contributed by atoms with E-state index in [9.17, 15) is 4.79 Å². The maximum Gasteiger partial charge on any atom is 0.251 e. The number of hydrogen-bond donors (Lipinski definition) is 0. The van der Waals surface area contributed by atoms with Gasteiger partial charge >= 0.3 is 0 Å². The summed E-state index contributed by atoms with van der Waals surface area (Å²) in [6.07, 6.45) is -0.205. The number of aryl methyl sites for hydroxylation is 1. The summed E-state index contributed by atoms with van der Waals surface area (Å²) < 4.78 is 18.0. The minimum absolute atomic E-state index is 0.117. The van der Waals surface area contributed by atoms with Crippen LogP contribution in [0, 0.1) is 6.92 Å². The molecule has 0 saturated carbocycles. The van der Waals surface area contributed by atoms with E-state index >= 15 is 0 Å². The fourth-order valence-corrected chi connectivity index (χ4v) is 4.66. The average Bonchev–Trinajstić information content (AvgIpc) is 3.29. The molecule has 3 aromatic rings. The number of ether oxygens (including phenoxy) is 3. The molecule has 2 aliphatic heterocycles. The van der Waals surface area contributed by atoms with Gasteiger partial charge in [0, 0.05) is 27.6 Å². The molecule has 0 unspecified atom stereocenters. The molecule has 0 radical (unpaired) electrons. The molecule has 2 heterocycles. The van der Waals surface area contributed by atoms with Gasteiger partial charge in [-0.05, 0) is 43.3 Å².